The van der Waals surface area contributed by atoms with E-state index < -0.39 is 0 Å². The highest BCUT2D eigenvalue weighted by Crippen LogP contribution is 2.30. The third kappa shape index (κ3) is 1.42. The van der Waals surface area contributed by atoms with E-state index in [1.165, 1.54) is 32.1 Å². The zero-order valence-electron chi connectivity index (χ0n) is 6.49. The minimum atomic E-state index is 0.620. The van der Waals surface area contributed by atoms with E-state index in [-0.39, 0.29) is 0 Å². The van der Waals surface area contributed by atoms with Crippen LogP contribution in [0.3, 0.4) is 0 Å². The van der Waals surface area contributed by atoms with Crippen molar-refractivity contribution in [3.05, 3.63) is 12.0 Å². The molecule has 1 saturated carbocycles. The summed E-state index contributed by atoms with van der Waals surface area (Å²) in [7, 11) is 0. The average molecular weight is 152 g/mol. The van der Waals surface area contributed by atoms with E-state index in [0.29, 0.717) is 5.92 Å². The summed E-state index contributed by atoms with van der Waals surface area (Å²) in [6.07, 6.45) is 8.23. The zero-order valence-corrected chi connectivity index (χ0v) is 6.49. The molecule has 0 aliphatic heterocycles. The highest BCUT2D eigenvalue weighted by Gasteiger charge is 2.17. The Balaban J connectivity index is 2.04. The van der Waals surface area contributed by atoms with Gasteiger partial charge in [0, 0.05) is 11.2 Å². The molecular weight excluding hydrogens is 140 g/mol. The van der Waals surface area contributed by atoms with Crippen molar-refractivity contribution < 1.29 is 4.52 Å². The van der Waals surface area contributed by atoms with Crippen molar-refractivity contribution in [3.63, 3.8) is 0 Å². The zero-order chi connectivity index (χ0) is 7.52. The van der Waals surface area contributed by atoms with Gasteiger partial charge in [0.15, 0.2) is 0 Å². The average Bonchev–Trinajstić information content (AvgIpc) is 2.58. The Bertz CT molecular complexity index is 202. The Morgan fingerprint density at radius 3 is 2.73 bits per heavy atom. The second-order valence-electron chi connectivity index (χ2n) is 3.16. The molecule has 0 saturated heterocycles. The molecule has 1 aromatic heterocycles. The maximum atomic E-state index is 4.71. The van der Waals surface area contributed by atoms with Crippen LogP contribution in [-0.2, 0) is 0 Å². The van der Waals surface area contributed by atoms with Gasteiger partial charge in [-0.2, -0.15) is 0 Å². The first kappa shape index (κ1) is 6.83. The van der Waals surface area contributed by atoms with E-state index in [2.05, 4.69) is 10.4 Å². The summed E-state index contributed by atoms with van der Waals surface area (Å²) in [6.45, 7) is 0. The van der Waals surface area contributed by atoms with Crippen LogP contribution in [0.5, 0.6) is 0 Å². The summed E-state index contributed by atoms with van der Waals surface area (Å²) < 4.78 is 4.71. The van der Waals surface area contributed by atoms with E-state index in [1.807, 2.05) is 0 Å². The first-order valence-corrected chi connectivity index (χ1v) is 4.24. The van der Waals surface area contributed by atoms with Crippen LogP contribution in [0.4, 0.5) is 0 Å². The van der Waals surface area contributed by atoms with E-state index in [0.717, 1.165) is 5.69 Å². The Morgan fingerprint density at radius 1 is 1.27 bits per heavy atom. The molecule has 0 bridgehead atoms. The number of hydrogen-bond donors (Lipinski definition) is 0. The molecular formula is C8H12N2O. The quantitative estimate of drug-likeness (QED) is 0.618. The predicted molar refractivity (Wildman–Crippen MR) is 40.1 cm³/mol. The summed E-state index contributed by atoms with van der Waals surface area (Å²) >= 11 is 0. The van der Waals surface area contributed by atoms with Crippen LogP contribution in [0.1, 0.15) is 43.7 Å². The fourth-order valence-corrected chi connectivity index (χ4v) is 1.75. The van der Waals surface area contributed by atoms with E-state index in [9.17, 15) is 0 Å². The summed E-state index contributed by atoms with van der Waals surface area (Å²) in [4.78, 5) is 0. The third-order valence-corrected chi connectivity index (χ3v) is 2.40. The lowest BCUT2D eigenvalue weighted by atomic mass is 9.87. The van der Waals surface area contributed by atoms with Gasteiger partial charge in [-0.25, -0.2) is 0 Å². The molecule has 1 aliphatic carbocycles. The largest absolute Gasteiger partial charge is 0.345 e. The van der Waals surface area contributed by atoms with Gasteiger partial charge in [0.1, 0.15) is 12.0 Å². The van der Waals surface area contributed by atoms with Crippen LogP contribution >= 0.6 is 0 Å². The normalized spacial score (nSPS) is 20.4. The van der Waals surface area contributed by atoms with Crippen molar-refractivity contribution in [2.45, 2.75) is 38.0 Å². The van der Waals surface area contributed by atoms with Crippen LogP contribution in [0.15, 0.2) is 10.8 Å². The van der Waals surface area contributed by atoms with Gasteiger partial charge in [0.2, 0.25) is 0 Å². The van der Waals surface area contributed by atoms with Gasteiger partial charge in [0.25, 0.3) is 0 Å². The van der Waals surface area contributed by atoms with Crippen molar-refractivity contribution in [1.82, 2.24) is 10.4 Å². The summed E-state index contributed by atoms with van der Waals surface area (Å²) in [5.74, 6) is 0.620. The lowest BCUT2D eigenvalue weighted by Crippen LogP contribution is -2.04. The van der Waals surface area contributed by atoms with Gasteiger partial charge < -0.3 is 4.52 Å². The first-order chi connectivity index (χ1) is 5.47. The smallest absolute Gasteiger partial charge is 0.147 e. The number of nitrogens with zero attached hydrogens (tertiary/aromatic N) is 2. The molecule has 0 N–H and O–H groups in total. The van der Waals surface area contributed by atoms with Crippen molar-refractivity contribution in [2.75, 3.05) is 0 Å². The highest BCUT2D eigenvalue weighted by atomic mass is 16.5. The molecule has 0 unspecified atom stereocenters. The standard InChI is InChI=1S/C8H12N2O/c1-2-4-7(5-3-1)8-6-11-10-9-8/h6-7H,1-5H2. The van der Waals surface area contributed by atoms with Gasteiger partial charge in [-0.3, -0.25) is 0 Å². The Labute approximate surface area is 65.8 Å². The summed E-state index contributed by atoms with van der Waals surface area (Å²) in [6, 6.07) is 0. The Hall–Kier alpha value is -0.860. The lowest BCUT2D eigenvalue weighted by molar-refractivity contribution is 0.392. The molecule has 1 aliphatic rings. The molecule has 1 fully saturated rings. The molecule has 1 aromatic rings. The molecule has 60 valence electrons. The first-order valence-electron chi connectivity index (χ1n) is 4.24. The molecule has 1 heterocycles. The second kappa shape index (κ2) is 3.03. The molecule has 0 atom stereocenters. The minimum Gasteiger partial charge on any atom is -0.345 e. The molecule has 2 rings (SSSR count). The second-order valence-corrected chi connectivity index (χ2v) is 3.16. The van der Waals surface area contributed by atoms with Gasteiger partial charge in [-0.1, -0.05) is 19.3 Å². The van der Waals surface area contributed by atoms with Crippen molar-refractivity contribution in [1.29, 1.82) is 0 Å². The summed E-state index contributed by atoms with van der Waals surface area (Å²) in [5, 5.41) is 7.40. The van der Waals surface area contributed by atoms with Gasteiger partial charge >= 0.3 is 0 Å². The fourth-order valence-electron chi connectivity index (χ4n) is 1.75. The molecule has 0 amide bonds. The predicted octanol–water partition coefficient (Wildman–Crippen LogP) is 2.12. The van der Waals surface area contributed by atoms with Crippen LogP contribution in [0.2, 0.25) is 0 Å². The summed E-state index contributed by atoms with van der Waals surface area (Å²) in [5.41, 5.74) is 1.05. The topological polar surface area (TPSA) is 38.9 Å². The van der Waals surface area contributed by atoms with Crippen LogP contribution in [0, 0.1) is 0 Å². The molecule has 0 radical (unpaired) electrons. The van der Waals surface area contributed by atoms with Crippen LogP contribution < -0.4 is 0 Å². The molecule has 0 spiro atoms. The van der Waals surface area contributed by atoms with Gasteiger partial charge in [-0.15, -0.1) is 5.10 Å². The Kier molecular flexibility index (Phi) is 1.88. The number of rotatable bonds is 1. The molecule has 11 heavy (non-hydrogen) atoms. The maximum Gasteiger partial charge on any atom is 0.147 e. The van der Waals surface area contributed by atoms with Crippen molar-refractivity contribution >= 4 is 0 Å². The van der Waals surface area contributed by atoms with E-state index >= 15 is 0 Å². The fraction of sp³-hybridized carbons (Fsp3) is 0.750. The minimum absolute atomic E-state index is 0.620. The van der Waals surface area contributed by atoms with E-state index in [1.54, 1.807) is 6.26 Å². The molecule has 0 aromatic carbocycles. The van der Waals surface area contributed by atoms with Crippen LogP contribution in [0.25, 0.3) is 0 Å². The highest BCUT2D eigenvalue weighted by molar-refractivity contribution is 4.99. The lowest BCUT2D eigenvalue weighted by Gasteiger charge is -2.17. The van der Waals surface area contributed by atoms with Gasteiger partial charge in [-0.05, 0) is 12.8 Å². The van der Waals surface area contributed by atoms with Gasteiger partial charge in [0.05, 0.1) is 0 Å². The van der Waals surface area contributed by atoms with Crippen molar-refractivity contribution in [3.8, 4) is 0 Å². The SMILES string of the molecule is c1onnc1C1CCCCC1. The van der Waals surface area contributed by atoms with E-state index in [4.69, 9.17) is 4.52 Å². The molecule has 3 heteroatoms. The maximum absolute atomic E-state index is 4.71. The van der Waals surface area contributed by atoms with Crippen molar-refractivity contribution in [2.24, 2.45) is 0 Å². The number of aromatic nitrogens is 2. The molecule has 3 nitrogen and oxygen atoms in total. The van der Waals surface area contributed by atoms with Crippen LogP contribution in [-0.4, -0.2) is 10.4 Å². The third-order valence-electron chi connectivity index (χ3n) is 2.40. The Morgan fingerprint density at radius 2 is 2.09 bits per heavy atom. The number of hydrogen-bond acceptors (Lipinski definition) is 3. The monoisotopic (exact) mass is 152 g/mol.